The van der Waals surface area contributed by atoms with Gasteiger partial charge in [0.05, 0.1) is 10.2 Å². The number of rotatable bonds is 5. The second-order valence-corrected chi connectivity index (χ2v) is 8.27. The number of halogens is 1. The summed E-state index contributed by atoms with van der Waals surface area (Å²) < 4.78 is 2.00. The Morgan fingerprint density at radius 2 is 1.72 bits per heavy atom. The van der Waals surface area contributed by atoms with Crippen LogP contribution in [0.2, 0.25) is 0 Å². The molecule has 0 radical (unpaired) electrons. The molecule has 1 atom stereocenters. The van der Waals surface area contributed by atoms with Crippen LogP contribution in [0.25, 0.3) is 10.2 Å². The van der Waals surface area contributed by atoms with Crippen molar-refractivity contribution in [3.63, 3.8) is 0 Å². The Balaban J connectivity index is 1.67. The summed E-state index contributed by atoms with van der Waals surface area (Å²) >= 11 is 4.96. The molecule has 4 rings (SSSR count). The largest absolute Gasteiger partial charge is 0.383 e. The normalized spacial score (nSPS) is 12.7. The van der Waals surface area contributed by atoms with E-state index in [1.165, 1.54) is 11.3 Å². The molecule has 0 saturated heterocycles. The van der Waals surface area contributed by atoms with Crippen LogP contribution < -0.4 is 11.1 Å². The number of nitrogens with zero attached hydrogens (tertiary/aromatic N) is 2. The minimum Gasteiger partial charge on any atom is -0.383 e. The number of aliphatic imine (C=N–C) groups is 1. The van der Waals surface area contributed by atoms with E-state index in [2.05, 4.69) is 31.2 Å². The number of aromatic nitrogens is 1. The number of anilines is 1. The van der Waals surface area contributed by atoms with Crippen molar-refractivity contribution in [2.24, 2.45) is 10.7 Å². The fourth-order valence-electron chi connectivity index (χ4n) is 2.87. The molecule has 1 aromatic heterocycles. The molecule has 1 unspecified atom stereocenters. The molecule has 0 bridgehead atoms. The van der Waals surface area contributed by atoms with Crippen molar-refractivity contribution < 1.29 is 4.79 Å². The number of nitrogens with one attached hydrogen (secondary N) is 1. The summed E-state index contributed by atoms with van der Waals surface area (Å²) in [4.78, 5) is 21.8. The van der Waals surface area contributed by atoms with Crippen LogP contribution in [0.4, 0.5) is 5.13 Å². The molecular weight excluding hydrogens is 448 g/mol. The summed E-state index contributed by atoms with van der Waals surface area (Å²) in [6, 6.07) is 23.9. The zero-order valence-corrected chi connectivity index (χ0v) is 17.7. The van der Waals surface area contributed by atoms with E-state index in [1.54, 1.807) is 0 Å². The third-order valence-corrected chi connectivity index (χ3v) is 5.74. The highest BCUT2D eigenvalue weighted by molar-refractivity contribution is 9.10. The number of fused-ring (bicyclic) bond motifs is 1. The predicted molar refractivity (Wildman–Crippen MR) is 122 cm³/mol. The van der Waals surface area contributed by atoms with Crippen LogP contribution in [0.5, 0.6) is 0 Å². The van der Waals surface area contributed by atoms with E-state index in [1.807, 2.05) is 78.9 Å². The molecule has 1 heterocycles. The van der Waals surface area contributed by atoms with Gasteiger partial charge in [0.1, 0.15) is 11.9 Å². The number of nitrogens with two attached hydrogens (primary N) is 1. The highest BCUT2D eigenvalue weighted by Crippen LogP contribution is 2.31. The minimum absolute atomic E-state index is 0.187. The average molecular weight is 465 g/mol. The Hall–Kier alpha value is -3.03. The molecule has 0 saturated carbocycles. The van der Waals surface area contributed by atoms with Gasteiger partial charge in [-0.1, -0.05) is 87.9 Å². The van der Waals surface area contributed by atoms with Gasteiger partial charge in [-0.3, -0.25) is 4.79 Å². The van der Waals surface area contributed by atoms with E-state index in [0.717, 1.165) is 20.3 Å². The lowest BCUT2D eigenvalue weighted by Crippen LogP contribution is -2.23. The zero-order valence-electron chi connectivity index (χ0n) is 15.2. The number of amidine groups is 1. The molecular formula is C22H17BrN4OS. The van der Waals surface area contributed by atoms with Gasteiger partial charge in [0, 0.05) is 10.0 Å². The number of thiazole rings is 1. The average Bonchev–Trinajstić information content (AvgIpc) is 3.14. The van der Waals surface area contributed by atoms with Crippen LogP contribution in [0.1, 0.15) is 17.2 Å². The van der Waals surface area contributed by atoms with E-state index in [9.17, 15) is 4.79 Å². The maximum atomic E-state index is 13.0. The van der Waals surface area contributed by atoms with Crippen molar-refractivity contribution in [2.45, 2.75) is 6.04 Å². The summed E-state index contributed by atoms with van der Waals surface area (Å²) in [7, 11) is 0. The van der Waals surface area contributed by atoms with Crippen molar-refractivity contribution in [1.29, 1.82) is 0 Å². The highest BCUT2D eigenvalue weighted by atomic mass is 79.9. The van der Waals surface area contributed by atoms with E-state index in [-0.39, 0.29) is 11.7 Å². The van der Waals surface area contributed by atoms with Gasteiger partial charge in [0.2, 0.25) is 0 Å². The SMILES string of the molecule is NC(=NC(=O)C(Nc1nc2ccc(Br)cc2s1)c1ccccc1)c1ccccc1. The van der Waals surface area contributed by atoms with Gasteiger partial charge in [0.15, 0.2) is 5.13 Å². The number of hydrogen-bond acceptors (Lipinski definition) is 4. The van der Waals surface area contributed by atoms with Gasteiger partial charge in [-0.15, -0.1) is 0 Å². The van der Waals surface area contributed by atoms with Crippen molar-refractivity contribution in [2.75, 3.05) is 5.32 Å². The monoisotopic (exact) mass is 464 g/mol. The second kappa shape index (κ2) is 8.55. The Morgan fingerprint density at radius 1 is 1.03 bits per heavy atom. The Bertz CT molecular complexity index is 1180. The smallest absolute Gasteiger partial charge is 0.274 e. The molecule has 1 amide bonds. The highest BCUT2D eigenvalue weighted by Gasteiger charge is 2.22. The van der Waals surface area contributed by atoms with E-state index < -0.39 is 6.04 Å². The molecule has 7 heteroatoms. The van der Waals surface area contributed by atoms with Crippen LogP contribution in [-0.4, -0.2) is 16.7 Å². The second-order valence-electron chi connectivity index (χ2n) is 6.32. The fraction of sp³-hybridized carbons (Fsp3) is 0.0455. The minimum atomic E-state index is -0.692. The molecule has 144 valence electrons. The maximum Gasteiger partial charge on any atom is 0.274 e. The summed E-state index contributed by atoms with van der Waals surface area (Å²) in [6.45, 7) is 0. The number of carbonyl (C=O) groups is 1. The molecule has 0 aliphatic heterocycles. The van der Waals surface area contributed by atoms with Crippen LogP contribution in [-0.2, 0) is 4.79 Å². The van der Waals surface area contributed by atoms with Gasteiger partial charge in [-0.25, -0.2) is 4.98 Å². The molecule has 29 heavy (non-hydrogen) atoms. The first-order valence-electron chi connectivity index (χ1n) is 8.91. The van der Waals surface area contributed by atoms with Gasteiger partial charge in [-0.2, -0.15) is 4.99 Å². The van der Waals surface area contributed by atoms with Gasteiger partial charge in [0.25, 0.3) is 5.91 Å². The number of hydrogen-bond donors (Lipinski definition) is 2. The van der Waals surface area contributed by atoms with E-state index in [0.29, 0.717) is 10.7 Å². The first-order valence-corrected chi connectivity index (χ1v) is 10.5. The number of amides is 1. The molecule has 0 aliphatic rings. The lowest BCUT2D eigenvalue weighted by Gasteiger charge is -2.15. The molecule has 4 aromatic rings. The van der Waals surface area contributed by atoms with Crippen LogP contribution >= 0.6 is 27.3 Å². The van der Waals surface area contributed by atoms with E-state index >= 15 is 0 Å². The lowest BCUT2D eigenvalue weighted by molar-refractivity contribution is -0.118. The van der Waals surface area contributed by atoms with Gasteiger partial charge < -0.3 is 11.1 Å². The predicted octanol–water partition coefficient (Wildman–Crippen LogP) is 5.14. The Labute approximate surface area is 180 Å². The molecule has 3 N–H and O–H groups in total. The Morgan fingerprint density at radius 3 is 2.45 bits per heavy atom. The zero-order chi connectivity index (χ0) is 20.2. The first-order chi connectivity index (χ1) is 14.1. The lowest BCUT2D eigenvalue weighted by atomic mass is 10.1. The van der Waals surface area contributed by atoms with Gasteiger partial charge >= 0.3 is 0 Å². The number of carbonyl (C=O) groups excluding carboxylic acids is 1. The third-order valence-electron chi connectivity index (χ3n) is 4.30. The molecule has 0 fully saturated rings. The van der Waals surface area contributed by atoms with Crippen molar-refractivity contribution >= 4 is 54.4 Å². The summed E-state index contributed by atoms with van der Waals surface area (Å²) in [6.07, 6.45) is 0. The topological polar surface area (TPSA) is 80.4 Å². The van der Waals surface area contributed by atoms with Gasteiger partial charge in [-0.05, 0) is 23.8 Å². The summed E-state index contributed by atoms with van der Waals surface area (Å²) in [5.74, 6) is -0.190. The standard InChI is InChI=1S/C22H17BrN4OS/c23-16-11-12-17-18(13-16)29-22(25-17)26-19(14-7-3-1-4-8-14)21(28)27-20(24)15-9-5-2-6-10-15/h1-13,19H,(H,25,26)(H2,24,27,28). The van der Waals surface area contributed by atoms with Crippen molar-refractivity contribution in [3.8, 4) is 0 Å². The van der Waals surface area contributed by atoms with Crippen LogP contribution in [0, 0.1) is 0 Å². The van der Waals surface area contributed by atoms with Crippen molar-refractivity contribution in [3.05, 3.63) is 94.5 Å². The van der Waals surface area contributed by atoms with Crippen LogP contribution in [0.15, 0.2) is 88.3 Å². The molecule has 3 aromatic carbocycles. The molecule has 5 nitrogen and oxygen atoms in total. The van der Waals surface area contributed by atoms with Crippen molar-refractivity contribution in [1.82, 2.24) is 4.98 Å². The third kappa shape index (κ3) is 4.52. The van der Waals surface area contributed by atoms with E-state index in [4.69, 9.17) is 5.73 Å². The van der Waals surface area contributed by atoms with Crippen LogP contribution in [0.3, 0.4) is 0 Å². The Kier molecular flexibility index (Phi) is 5.69. The first kappa shape index (κ1) is 19.3. The molecule has 0 spiro atoms. The quantitative estimate of drug-likeness (QED) is 0.316. The molecule has 0 aliphatic carbocycles. The number of benzene rings is 3. The summed E-state index contributed by atoms with van der Waals surface area (Å²) in [5, 5.41) is 3.89. The maximum absolute atomic E-state index is 13.0. The summed E-state index contributed by atoms with van der Waals surface area (Å²) in [5.41, 5.74) is 8.43. The fourth-order valence-corrected chi connectivity index (χ4v) is 4.32.